The van der Waals surface area contributed by atoms with Gasteiger partial charge in [0.25, 0.3) is 0 Å². The minimum Gasteiger partial charge on any atom is -0.489 e. The molecule has 3 rings (SSSR count). The van der Waals surface area contributed by atoms with E-state index in [4.69, 9.17) is 4.74 Å². The average molecular weight is 453 g/mol. The van der Waals surface area contributed by atoms with Gasteiger partial charge >= 0.3 is 0 Å². The number of anilines is 1. The molecule has 1 atom stereocenters. The van der Waals surface area contributed by atoms with Crippen LogP contribution in [-0.4, -0.2) is 27.1 Å². The topological polar surface area (TPSA) is 75.7 Å². The Balaban J connectivity index is 1.65. The first kappa shape index (κ1) is 23.3. The Hall–Kier alpha value is -3.32. The van der Waals surface area contributed by atoms with Crippen LogP contribution in [0.15, 0.2) is 78.9 Å². The lowest BCUT2D eigenvalue weighted by atomic mass is 10.1. The zero-order valence-electron chi connectivity index (χ0n) is 18.5. The summed E-state index contributed by atoms with van der Waals surface area (Å²) in [6.07, 6.45) is 1.09. The van der Waals surface area contributed by atoms with E-state index in [9.17, 15) is 13.2 Å². The third kappa shape index (κ3) is 6.59. The molecule has 3 aromatic rings. The first-order valence-corrected chi connectivity index (χ1v) is 12.2. The number of nitrogens with one attached hydrogen (secondary N) is 1. The lowest BCUT2D eigenvalue weighted by Gasteiger charge is -2.23. The molecule has 1 N–H and O–H groups in total. The third-order valence-corrected chi connectivity index (χ3v) is 6.16. The van der Waals surface area contributed by atoms with Gasteiger partial charge in [0.1, 0.15) is 18.9 Å². The fourth-order valence-corrected chi connectivity index (χ4v) is 4.06. The zero-order chi connectivity index (χ0) is 23.1. The maximum absolute atomic E-state index is 12.6. The lowest BCUT2D eigenvalue weighted by Crippen LogP contribution is -2.41. The highest BCUT2D eigenvalue weighted by atomic mass is 32.2. The van der Waals surface area contributed by atoms with E-state index in [0.29, 0.717) is 18.0 Å². The van der Waals surface area contributed by atoms with Crippen LogP contribution in [0.3, 0.4) is 0 Å². The summed E-state index contributed by atoms with van der Waals surface area (Å²) in [7, 11) is -3.66. The molecule has 0 bridgehead atoms. The largest absolute Gasteiger partial charge is 0.489 e. The van der Waals surface area contributed by atoms with E-state index >= 15 is 0 Å². The third-order valence-electron chi connectivity index (χ3n) is 5.02. The van der Waals surface area contributed by atoms with Crippen LogP contribution in [-0.2, 0) is 21.4 Å². The Bertz CT molecular complexity index is 1130. The van der Waals surface area contributed by atoms with Gasteiger partial charge in [0.05, 0.1) is 18.0 Å². The first-order valence-electron chi connectivity index (χ1n) is 10.3. The highest BCUT2D eigenvalue weighted by Crippen LogP contribution is 2.22. The molecule has 1 amide bonds. The number of benzene rings is 3. The fraction of sp³-hybridized carbons (Fsp3) is 0.240. The molecular formula is C25H28N2O4S. The summed E-state index contributed by atoms with van der Waals surface area (Å²) in [6.45, 7) is 3.97. The molecule has 0 radical (unpaired) electrons. The summed E-state index contributed by atoms with van der Waals surface area (Å²) in [4.78, 5) is 12.6. The number of carbonyl (C=O) groups excluding carboxylic acids is 1. The molecule has 0 spiro atoms. The molecule has 0 aliphatic carbocycles. The van der Waals surface area contributed by atoms with Gasteiger partial charge in [0.15, 0.2) is 0 Å². The molecule has 32 heavy (non-hydrogen) atoms. The van der Waals surface area contributed by atoms with Gasteiger partial charge in [-0.1, -0.05) is 60.2 Å². The molecule has 0 aromatic heterocycles. The summed E-state index contributed by atoms with van der Waals surface area (Å²) in [5.41, 5.74) is 3.52. The normalized spacial score (nSPS) is 12.1. The fourth-order valence-electron chi connectivity index (χ4n) is 3.21. The Labute approximate surface area is 189 Å². The molecular weight excluding hydrogens is 424 g/mol. The van der Waals surface area contributed by atoms with E-state index in [1.54, 1.807) is 24.3 Å². The highest BCUT2D eigenvalue weighted by Gasteiger charge is 2.22. The Morgan fingerprint density at radius 1 is 0.969 bits per heavy atom. The van der Waals surface area contributed by atoms with Crippen molar-refractivity contribution in [2.45, 2.75) is 26.5 Å². The minimum absolute atomic E-state index is 0.238. The molecule has 0 saturated heterocycles. The summed E-state index contributed by atoms with van der Waals surface area (Å²) in [5.74, 6) is 0.233. The van der Waals surface area contributed by atoms with Gasteiger partial charge in [-0.3, -0.25) is 9.10 Å². The second-order valence-corrected chi connectivity index (χ2v) is 9.64. The van der Waals surface area contributed by atoms with Gasteiger partial charge in [0.2, 0.25) is 15.9 Å². The maximum Gasteiger partial charge on any atom is 0.241 e. The van der Waals surface area contributed by atoms with Crippen LogP contribution in [0.5, 0.6) is 5.75 Å². The van der Waals surface area contributed by atoms with Gasteiger partial charge < -0.3 is 10.1 Å². The van der Waals surface area contributed by atoms with Crippen LogP contribution in [0.2, 0.25) is 0 Å². The molecule has 1 unspecified atom stereocenters. The van der Waals surface area contributed by atoms with Crippen molar-refractivity contribution in [2.24, 2.45) is 0 Å². The maximum atomic E-state index is 12.6. The molecule has 7 heteroatoms. The van der Waals surface area contributed by atoms with E-state index < -0.39 is 10.0 Å². The Kier molecular flexibility index (Phi) is 7.53. The zero-order valence-corrected chi connectivity index (χ0v) is 19.3. The molecule has 0 aliphatic heterocycles. The lowest BCUT2D eigenvalue weighted by molar-refractivity contribution is -0.120. The van der Waals surface area contributed by atoms with Gasteiger partial charge in [-0.25, -0.2) is 8.42 Å². The van der Waals surface area contributed by atoms with Crippen molar-refractivity contribution in [3.63, 3.8) is 0 Å². The van der Waals surface area contributed by atoms with Gasteiger partial charge in [0, 0.05) is 0 Å². The van der Waals surface area contributed by atoms with Crippen LogP contribution in [0.1, 0.15) is 29.7 Å². The molecule has 6 nitrogen and oxygen atoms in total. The van der Waals surface area contributed by atoms with Gasteiger partial charge in [-0.2, -0.15) is 0 Å². The number of amides is 1. The van der Waals surface area contributed by atoms with Crippen molar-refractivity contribution in [2.75, 3.05) is 17.1 Å². The van der Waals surface area contributed by atoms with Crippen molar-refractivity contribution >= 4 is 21.6 Å². The standard InChI is InChI=1S/C25H28N2O4S/c1-19-9-11-22(12-10-19)20(2)26-25(28)17-27(32(3,29)30)23-13-15-24(16-14-23)31-18-21-7-5-4-6-8-21/h4-16,20H,17-18H2,1-3H3,(H,26,28). The second kappa shape index (κ2) is 10.3. The van der Waals surface area contributed by atoms with Crippen molar-refractivity contribution < 1.29 is 17.9 Å². The number of nitrogens with zero attached hydrogens (tertiary/aromatic N) is 1. The van der Waals surface area contributed by atoms with Crippen LogP contribution >= 0.6 is 0 Å². The van der Waals surface area contributed by atoms with Crippen LogP contribution in [0.4, 0.5) is 5.69 Å². The average Bonchev–Trinajstić information content (AvgIpc) is 2.77. The summed E-state index contributed by atoms with van der Waals surface area (Å²) < 4.78 is 31.6. The van der Waals surface area contributed by atoms with E-state index in [0.717, 1.165) is 27.3 Å². The van der Waals surface area contributed by atoms with Crippen molar-refractivity contribution in [3.05, 3.63) is 95.6 Å². The van der Waals surface area contributed by atoms with Crippen LogP contribution < -0.4 is 14.4 Å². The Morgan fingerprint density at radius 2 is 1.59 bits per heavy atom. The van der Waals surface area contributed by atoms with E-state index in [1.165, 1.54) is 0 Å². The predicted molar refractivity (Wildman–Crippen MR) is 127 cm³/mol. The Morgan fingerprint density at radius 3 is 2.19 bits per heavy atom. The van der Waals surface area contributed by atoms with Crippen LogP contribution in [0, 0.1) is 6.92 Å². The van der Waals surface area contributed by atoms with Crippen LogP contribution in [0.25, 0.3) is 0 Å². The predicted octanol–water partition coefficient (Wildman–Crippen LogP) is 4.22. The number of sulfonamides is 1. The number of hydrogen-bond acceptors (Lipinski definition) is 4. The minimum atomic E-state index is -3.66. The van der Waals surface area contributed by atoms with E-state index in [1.807, 2.05) is 68.4 Å². The molecule has 3 aromatic carbocycles. The van der Waals surface area contributed by atoms with E-state index in [2.05, 4.69) is 5.32 Å². The molecule has 168 valence electrons. The summed E-state index contributed by atoms with van der Waals surface area (Å²) in [6, 6.07) is 24.0. The molecule has 0 fully saturated rings. The monoisotopic (exact) mass is 452 g/mol. The summed E-state index contributed by atoms with van der Waals surface area (Å²) >= 11 is 0. The number of rotatable bonds is 9. The van der Waals surface area contributed by atoms with Crippen molar-refractivity contribution in [1.82, 2.24) is 5.32 Å². The SMILES string of the molecule is Cc1ccc(C(C)NC(=O)CN(c2ccc(OCc3ccccc3)cc2)S(C)(=O)=O)cc1. The van der Waals surface area contributed by atoms with Gasteiger partial charge in [-0.05, 0) is 49.2 Å². The second-order valence-electron chi connectivity index (χ2n) is 7.74. The van der Waals surface area contributed by atoms with Crippen molar-refractivity contribution in [3.8, 4) is 5.75 Å². The van der Waals surface area contributed by atoms with Gasteiger partial charge in [-0.15, -0.1) is 0 Å². The molecule has 0 heterocycles. The smallest absolute Gasteiger partial charge is 0.241 e. The highest BCUT2D eigenvalue weighted by molar-refractivity contribution is 7.92. The number of hydrogen-bond donors (Lipinski definition) is 1. The summed E-state index contributed by atoms with van der Waals surface area (Å²) in [5, 5.41) is 2.87. The number of carbonyl (C=O) groups is 1. The van der Waals surface area contributed by atoms with E-state index in [-0.39, 0.29) is 18.5 Å². The first-order chi connectivity index (χ1) is 15.2. The number of aryl methyl sites for hydroxylation is 1. The molecule has 0 saturated carbocycles. The molecule has 0 aliphatic rings. The quantitative estimate of drug-likeness (QED) is 0.528. The van der Waals surface area contributed by atoms with Crippen molar-refractivity contribution in [1.29, 1.82) is 0 Å². The number of ether oxygens (including phenoxy) is 1.